The van der Waals surface area contributed by atoms with E-state index in [1.54, 1.807) is 22.1 Å². The van der Waals surface area contributed by atoms with Crippen molar-refractivity contribution < 1.29 is 9.90 Å². The molecule has 0 radical (unpaired) electrons. The third kappa shape index (κ3) is 6.58. The summed E-state index contributed by atoms with van der Waals surface area (Å²) in [6, 6.07) is 11.6. The Morgan fingerprint density at radius 3 is 2.33 bits per heavy atom. The number of aryl methyl sites for hydroxylation is 3. The second-order valence-electron chi connectivity index (χ2n) is 13.3. The van der Waals surface area contributed by atoms with E-state index < -0.39 is 0 Å². The number of aromatic hydroxyl groups is 1. The van der Waals surface area contributed by atoms with Crippen LogP contribution >= 0.6 is 23.1 Å². The van der Waals surface area contributed by atoms with E-state index in [0.717, 1.165) is 69.4 Å². The van der Waals surface area contributed by atoms with Gasteiger partial charge >= 0.3 is 0 Å². The Labute approximate surface area is 261 Å². The molecule has 0 saturated carbocycles. The molecule has 1 aliphatic carbocycles. The first-order chi connectivity index (χ1) is 20.2. The molecular formula is C34H40N4O3S2. The lowest BCUT2D eigenvalue weighted by Gasteiger charge is -2.27. The summed E-state index contributed by atoms with van der Waals surface area (Å²) >= 11 is 2.84. The molecule has 2 N–H and O–H groups in total. The van der Waals surface area contributed by atoms with Crippen LogP contribution in [0.3, 0.4) is 0 Å². The van der Waals surface area contributed by atoms with Crippen molar-refractivity contribution in [2.75, 3.05) is 5.75 Å². The van der Waals surface area contributed by atoms with Crippen molar-refractivity contribution in [1.29, 1.82) is 0 Å². The number of carbonyl (C=O) groups excluding carboxylic acids is 1. The van der Waals surface area contributed by atoms with E-state index in [4.69, 9.17) is 4.98 Å². The van der Waals surface area contributed by atoms with Gasteiger partial charge in [-0.2, -0.15) is 5.10 Å². The largest absolute Gasteiger partial charge is 0.507 e. The molecule has 0 saturated heterocycles. The number of thioether (sulfide) groups is 1. The second-order valence-corrected chi connectivity index (χ2v) is 15.3. The quantitative estimate of drug-likeness (QED) is 0.104. The summed E-state index contributed by atoms with van der Waals surface area (Å²) in [6.45, 7) is 14.4. The van der Waals surface area contributed by atoms with E-state index >= 15 is 0 Å². The minimum Gasteiger partial charge on any atom is -0.507 e. The Bertz CT molecular complexity index is 1740. The molecule has 0 fully saturated rings. The molecule has 226 valence electrons. The molecule has 2 aromatic carbocycles. The van der Waals surface area contributed by atoms with Crippen LogP contribution in [0.4, 0.5) is 0 Å². The molecule has 0 bridgehead atoms. The van der Waals surface area contributed by atoms with E-state index in [9.17, 15) is 14.7 Å². The lowest BCUT2D eigenvalue weighted by Crippen LogP contribution is -2.24. The van der Waals surface area contributed by atoms with Gasteiger partial charge in [-0.3, -0.25) is 14.2 Å². The van der Waals surface area contributed by atoms with Crippen LogP contribution in [0.2, 0.25) is 0 Å². The van der Waals surface area contributed by atoms with Crippen LogP contribution in [0, 0.1) is 6.92 Å². The van der Waals surface area contributed by atoms with E-state index in [1.807, 2.05) is 43.3 Å². The van der Waals surface area contributed by atoms with Gasteiger partial charge in [0.2, 0.25) is 0 Å². The number of hydrogen-bond acceptors (Lipinski definition) is 7. The molecule has 0 aliphatic heterocycles. The standard InChI is InChI=1S/C34H40N4O3S2/c1-20-12-14-22(15-13-20)38-31(41)28-23-10-8-9-11-26(23)43-30(28)36-32(38)42-19-27(39)37-35-18-21-16-24(33(2,3)4)29(40)25(17-21)34(5,6)7/h12-18,40H,8-11,19H2,1-7H3,(H,37,39)/b35-18+. The predicted octanol–water partition coefficient (Wildman–Crippen LogP) is 7.18. The lowest BCUT2D eigenvalue weighted by molar-refractivity contribution is -0.118. The van der Waals surface area contributed by atoms with Crippen molar-refractivity contribution in [3.8, 4) is 11.4 Å². The Morgan fingerprint density at radius 1 is 1.07 bits per heavy atom. The topological polar surface area (TPSA) is 96.6 Å². The first kappa shape index (κ1) is 31.0. The molecule has 43 heavy (non-hydrogen) atoms. The van der Waals surface area contributed by atoms with E-state index in [-0.39, 0.29) is 28.0 Å². The molecule has 2 heterocycles. The van der Waals surface area contributed by atoms with Crippen molar-refractivity contribution in [3.05, 3.63) is 79.4 Å². The number of nitrogens with one attached hydrogen (secondary N) is 1. The molecule has 2 aromatic heterocycles. The summed E-state index contributed by atoms with van der Waals surface area (Å²) in [4.78, 5) is 33.8. The summed E-state index contributed by atoms with van der Waals surface area (Å²) in [7, 11) is 0. The molecule has 1 amide bonds. The fraction of sp³-hybridized carbons (Fsp3) is 0.412. The molecule has 4 aromatic rings. The van der Waals surface area contributed by atoms with Gasteiger partial charge in [0.1, 0.15) is 10.6 Å². The number of phenolic OH excluding ortho intramolecular Hbond substituents is 1. The molecule has 0 unspecified atom stereocenters. The third-order valence-corrected chi connectivity index (χ3v) is 9.86. The Kier molecular flexibility index (Phi) is 8.60. The molecular weight excluding hydrogens is 577 g/mol. The molecule has 0 spiro atoms. The molecule has 0 atom stereocenters. The minimum absolute atomic E-state index is 0.0439. The van der Waals surface area contributed by atoms with Gasteiger partial charge in [0, 0.05) is 16.0 Å². The Morgan fingerprint density at radius 2 is 1.70 bits per heavy atom. The van der Waals surface area contributed by atoms with Crippen molar-refractivity contribution in [3.63, 3.8) is 0 Å². The minimum atomic E-state index is -0.303. The van der Waals surface area contributed by atoms with Gasteiger partial charge in [-0.1, -0.05) is 71.0 Å². The summed E-state index contributed by atoms with van der Waals surface area (Å²) < 4.78 is 1.64. The predicted molar refractivity (Wildman–Crippen MR) is 179 cm³/mol. The Balaban J connectivity index is 1.40. The SMILES string of the molecule is Cc1ccc(-n2c(SCC(=O)N/N=C/c3cc(C(C)(C)C)c(O)c(C(C)(C)C)c3)nc3sc4c(c3c2=O)CCCC4)cc1. The number of carbonyl (C=O) groups is 1. The zero-order valence-corrected chi connectivity index (χ0v) is 27.6. The molecule has 1 aliphatic rings. The number of thiophene rings is 1. The number of rotatable bonds is 6. The first-order valence-electron chi connectivity index (χ1n) is 14.7. The van der Waals surface area contributed by atoms with Crippen molar-refractivity contribution in [1.82, 2.24) is 15.0 Å². The normalized spacial score (nSPS) is 13.9. The van der Waals surface area contributed by atoms with Gasteiger partial charge in [0.25, 0.3) is 11.5 Å². The van der Waals surface area contributed by atoms with Crippen LogP contribution < -0.4 is 11.0 Å². The second kappa shape index (κ2) is 11.9. The van der Waals surface area contributed by atoms with E-state index in [0.29, 0.717) is 10.9 Å². The number of hydrogen-bond donors (Lipinski definition) is 2. The summed E-state index contributed by atoms with van der Waals surface area (Å²) in [5.41, 5.74) is 7.44. The van der Waals surface area contributed by atoms with Gasteiger partial charge in [-0.25, -0.2) is 10.4 Å². The fourth-order valence-electron chi connectivity index (χ4n) is 5.42. The van der Waals surface area contributed by atoms with Gasteiger partial charge in [-0.05, 0) is 78.8 Å². The lowest BCUT2D eigenvalue weighted by atomic mass is 9.78. The number of benzene rings is 2. The van der Waals surface area contributed by atoms with Crippen LogP contribution in [0.5, 0.6) is 5.75 Å². The van der Waals surface area contributed by atoms with Gasteiger partial charge < -0.3 is 5.11 Å². The van der Waals surface area contributed by atoms with Gasteiger partial charge in [-0.15, -0.1) is 11.3 Å². The summed E-state index contributed by atoms with van der Waals surface area (Å²) in [6.07, 6.45) is 5.71. The highest BCUT2D eigenvalue weighted by Gasteiger charge is 2.27. The maximum atomic E-state index is 13.9. The first-order valence-corrected chi connectivity index (χ1v) is 16.5. The highest BCUT2D eigenvalue weighted by atomic mass is 32.2. The number of amides is 1. The fourth-order valence-corrected chi connectivity index (χ4v) is 7.53. The van der Waals surface area contributed by atoms with Crippen LogP contribution in [0.1, 0.15) is 87.1 Å². The highest BCUT2D eigenvalue weighted by molar-refractivity contribution is 7.99. The maximum absolute atomic E-state index is 13.9. The van der Waals surface area contributed by atoms with Crippen molar-refractivity contribution in [2.24, 2.45) is 5.10 Å². The molecule has 9 heteroatoms. The number of nitrogens with zero attached hydrogens (tertiary/aromatic N) is 3. The van der Waals surface area contributed by atoms with E-state index in [2.05, 4.69) is 52.1 Å². The molecule has 7 nitrogen and oxygen atoms in total. The van der Waals surface area contributed by atoms with Crippen LogP contribution in [-0.4, -0.2) is 32.5 Å². The zero-order chi connectivity index (χ0) is 31.1. The van der Waals surface area contributed by atoms with Crippen molar-refractivity contribution in [2.45, 2.75) is 90.1 Å². The molecule has 5 rings (SSSR count). The number of hydrazone groups is 1. The summed E-state index contributed by atoms with van der Waals surface area (Å²) in [5.74, 6) is 0.0399. The van der Waals surface area contributed by atoms with Crippen LogP contribution in [0.25, 0.3) is 15.9 Å². The zero-order valence-electron chi connectivity index (χ0n) is 26.0. The number of aromatic nitrogens is 2. The monoisotopic (exact) mass is 616 g/mol. The number of fused-ring (bicyclic) bond motifs is 3. The Hall–Kier alpha value is -3.43. The van der Waals surface area contributed by atoms with Crippen molar-refractivity contribution >= 4 is 45.4 Å². The van der Waals surface area contributed by atoms with E-state index in [1.165, 1.54) is 16.6 Å². The maximum Gasteiger partial charge on any atom is 0.267 e. The van der Waals surface area contributed by atoms with Gasteiger partial charge in [0.15, 0.2) is 5.16 Å². The van der Waals surface area contributed by atoms with Crippen LogP contribution in [-0.2, 0) is 28.5 Å². The highest BCUT2D eigenvalue weighted by Crippen LogP contribution is 2.39. The number of phenols is 1. The average molecular weight is 617 g/mol. The average Bonchev–Trinajstić information content (AvgIpc) is 3.31. The third-order valence-electron chi connectivity index (χ3n) is 7.73. The van der Waals surface area contributed by atoms with Crippen LogP contribution in [0.15, 0.2) is 51.5 Å². The smallest absolute Gasteiger partial charge is 0.267 e. The van der Waals surface area contributed by atoms with Gasteiger partial charge in [0.05, 0.1) is 23.0 Å². The summed E-state index contributed by atoms with van der Waals surface area (Å²) in [5, 5.41) is 16.4.